The molecule has 6 nitrogen and oxygen atoms in total. The monoisotopic (exact) mass is 436 g/mol. The molecular formula is C26H36N4O2. The third kappa shape index (κ3) is 5.47. The van der Waals surface area contributed by atoms with E-state index in [0.29, 0.717) is 24.3 Å². The number of aromatic nitrogens is 4. The molecule has 0 spiro atoms. The van der Waals surface area contributed by atoms with Gasteiger partial charge >= 0.3 is 0 Å². The minimum atomic E-state index is -0.348. The van der Waals surface area contributed by atoms with Crippen LogP contribution in [0.2, 0.25) is 0 Å². The Kier molecular flexibility index (Phi) is 6.79. The third-order valence-corrected chi connectivity index (χ3v) is 6.77. The zero-order chi connectivity index (χ0) is 22.7. The van der Waals surface area contributed by atoms with E-state index in [1.165, 1.54) is 43.7 Å². The molecule has 2 heterocycles. The third-order valence-electron chi connectivity index (χ3n) is 6.77. The summed E-state index contributed by atoms with van der Waals surface area (Å²) >= 11 is 0. The smallest absolute Gasteiger partial charge is 0.266 e. The lowest BCUT2D eigenvalue weighted by Crippen LogP contribution is -2.15. The summed E-state index contributed by atoms with van der Waals surface area (Å²) in [6.07, 6.45) is 9.44. The van der Waals surface area contributed by atoms with E-state index in [0.717, 1.165) is 30.1 Å². The fourth-order valence-corrected chi connectivity index (χ4v) is 4.73. The van der Waals surface area contributed by atoms with Crippen LogP contribution in [-0.4, -0.2) is 30.8 Å². The van der Waals surface area contributed by atoms with Crippen molar-refractivity contribution in [3.8, 4) is 11.4 Å². The number of fused-ring (bicyclic) bond motifs is 1. The molecule has 1 aliphatic carbocycles. The molecule has 0 saturated heterocycles. The largest absolute Gasteiger partial charge is 0.393 e. The minimum Gasteiger partial charge on any atom is -0.393 e. The van der Waals surface area contributed by atoms with Crippen LogP contribution in [0.1, 0.15) is 83.5 Å². The molecule has 0 aliphatic heterocycles. The number of hydrogen-bond acceptors (Lipinski definition) is 4. The van der Waals surface area contributed by atoms with Gasteiger partial charge in [0.1, 0.15) is 5.82 Å². The summed E-state index contributed by atoms with van der Waals surface area (Å²) in [4.78, 5) is 21.3. The highest BCUT2D eigenvalue weighted by Gasteiger charge is 2.18. The van der Waals surface area contributed by atoms with Gasteiger partial charge in [0.2, 0.25) is 0 Å². The second-order valence-electron chi connectivity index (χ2n) is 10.4. The molecule has 32 heavy (non-hydrogen) atoms. The van der Waals surface area contributed by atoms with Gasteiger partial charge in [0.15, 0.2) is 11.5 Å². The van der Waals surface area contributed by atoms with Crippen molar-refractivity contribution in [2.45, 2.75) is 90.1 Å². The number of aliphatic hydroxyl groups excluding tert-OH is 1. The van der Waals surface area contributed by atoms with Gasteiger partial charge in [0.25, 0.3) is 5.56 Å². The van der Waals surface area contributed by atoms with Gasteiger partial charge < -0.3 is 5.11 Å². The molecule has 1 atom stereocenters. The summed E-state index contributed by atoms with van der Waals surface area (Å²) in [6.45, 7) is 6.57. The van der Waals surface area contributed by atoms with Crippen molar-refractivity contribution in [2.75, 3.05) is 0 Å². The molecule has 2 N–H and O–H groups in total. The van der Waals surface area contributed by atoms with Crippen molar-refractivity contribution in [3.63, 3.8) is 0 Å². The van der Waals surface area contributed by atoms with Crippen LogP contribution in [0.3, 0.4) is 0 Å². The van der Waals surface area contributed by atoms with Gasteiger partial charge in [0, 0.05) is 18.1 Å². The molecule has 6 heteroatoms. The molecule has 1 unspecified atom stereocenters. The van der Waals surface area contributed by atoms with Gasteiger partial charge in [-0.25, -0.2) is 14.5 Å². The maximum absolute atomic E-state index is 12.0. The molecule has 4 rings (SSSR count). The predicted octanol–water partition coefficient (Wildman–Crippen LogP) is 5.04. The lowest BCUT2D eigenvalue weighted by molar-refractivity contribution is 0.140. The quantitative estimate of drug-likeness (QED) is 0.544. The second kappa shape index (κ2) is 9.57. The Morgan fingerprint density at radius 1 is 1.09 bits per heavy atom. The number of benzene rings is 1. The maximum atomic E-state index is 12.0. The average molecular weight is 437 g/mol. The van der Waals surface area contributed by atoms with Crippen LogP contribution in [0.15, 0.2) is 35.1 Å². The highest BCUT2D eigenvalue weighted by Crippen LogP contribution is 2.28. The van der Waals surface area contributed by atoms with Crippen molar-refractivity contribution in [1.29, 1.82) is 0 Å². The Labute approximate surface area is 190 Å². The summed E-state index contributed by atoms with van der Waals surface area (Å²) in [6, 6.07) is 9.80. The van der Waals surface area contributed by atoms with Gasteiger partial charge in [-0.3, -0.25) is 9.89 Å². The first-order valence-corrected chi connectivity index (χ1v) is 12.1. The number of aryl methyl sites for hydroxylation is 1. The highest BCUT2D eigenvalue weighted by atomic mass is 16.3. The molecular weight excluding hydrogens is 400 g/mol. The van der Waals surface area contributed by atoms with E-state index in [-0.39, 0.29) is 17.1 Å². The van der Waals surface area contributed by atoms with E-state index >= 15 is 0 Å². The van der Waals surface area contributed by atoms with Crippen LogP contribution < -0.4 is 5.56 Å². The number of aromatic amines is 1. The lowest BCUT2D eigenvalue weighted by atomic mass is 9.85. The van der Waals surface area contributed by atoms with Crippen LogP contribution in [0, 0.1) is 5.92 Å². The van der Waals surface area contributed by atoms with Gasteiger partial charge in [-0.2, -0.15) is 0 Å². The summed E-state index contributed by atoms with van der Waals surface area (Å²) in [5, 5.41) is 13.4. The van der Waals surface area contributed by atoms with Crippen molar-refractivity contribution < 1.29 is 5.11 Å². The van der Waals surface area contributed by atoms with Crippen LogP contribution in [-0.2, 0) is 11.8 Å². The van der Waals surface area contributed by atoms with E-state index in [1.54, 1.807) is 4.52 Å². The normalized spacial score (nSPS) is 16.5. The van der Waals surface area contributed by atoms with Crippen molar-refractivity contribution in [3.05, 3.63) is 52.1 Å². The van der Waals surface area contributed by atoms with Crippen LogP contribution >= 0.6 is 0 Å². The Bertz CT molecular complexity index is 1090. The summed E-state index contributed by atoms with van der Waals surface area (Å²) in [5.41, 5.74) is 2.62. The number of nitrogens with one attached hydrogen (secondary N) is 1. The van der Waals surface area contributed by atoms with Crippen LogP contribution in [0.4, 0.5) is 0 Å². The van der Waals surface area contributed by atoms with E-state index in [2.05, 4.69) is 43.0 Å². The molecule has 0 bridgehead atoms. The van der Waals surface area contributed by atoms with Crippen molar-refractivity contribution in [1.82, 2.24) is 19.6 Å². The highest BCUT2D eigenvalue weighted by molar-refractivity contribution is 5.58. The fraction of sp³-hybridized carbons (Fsp3) is 0.577. The first-order valence-electron chi connectivity index (χ1n) is 12.1. The topological polar surface area (TPSA) is 83.3 Å². The molecule has 3 aromatic rings. The predicted molar refractivity (Wildman–Crippen MR) is 128 cm³/mol. The van der Waals surface area contributed by atoms with Crippen molar-refractivity contribution >= 4 is 5.65 Å². The molecule has 1 aliphatic rings. The lowest BCUT2D eigenvalue weighted by Gasteiger charge is -2.22. The number of nitrogens with zero attached hydrogens (tertiary/aromatic N) is 3. The zero-order valence-corrected chi connectivity index (χ0v) is 19.6. The summed E-state index contributed by atoms with van der Waals surface area (Å²) in [7, 11) is 0. The Morgan fingerprint density at radius 2 is 1.81 bits per heavy atom. The van der Waals surface area contributed by atoms with E-state index in [9.17, 15) is 9.90 Å². The van der Waals surface area contributed by atoms with E-state index in [4.69, 9.17) is 4.98 Å². The zero-order valence-electron chi connectivity index (χ0n) is 19.6. The second-order valence-corrected chi connectivity index (χ2v) is 10.4. The SMILES string of the molecule is CC(C)(C)c1ccc(-c2nc(CCC(O)CCC3CCCCC3)n3[nH]c(=O)cc3n2)cc1. The molecule has 172 valence electrons. The van der Waals surface area contributed by atoms with Gasteiger partial charge in [0.05, 0.1) is 6.10 Å². The molecule has 0 amide bonds. The molecule has 1 saturated carbocycles. The maximum Gasteiger partial charge on any atom is 0.266 e. The number of hydrogen-bond donors (Lipinski definition) is 2. The Balaban J connectivity index is 1.50. The minimum absolute atomic E-state index is 0.0796. The summed E-state index contributed by atoms with van der Waals surface area (Å²) < 4.78 is 1.66. The van der Waals surface area contributed by atoms with Gasteiger partial charge in [-0.15, -0.1) is 0 Å². The Hall–Kier alpha value is -2.47. The number of H-pyrrole nitrogens is 1. The number of rotatable bonds is 7. The van der Waals surface area contributed by atoms with Crippen LogP contribution in [0.25, 0.3) is 17.0 Å². The van der Waals surface area contributed by atoms with Gasteiger partial charge in [-0.1, -0.05) is 77.1 Å². The molecule has 2 aromatic heterocycles. The van der Waals surface area contributed by atoms with E-state index < -0.39 is 0 Å². The van der Waals surface area contributed by atoms with E-state index in [1.807, 2.05) is 12.1 Å². The molecule has 0 radical (unpaired) electrons. The molecule has 1 aromatic carbocycles. The molecule has 1 fully saturated rings. The Morgan fingerprint density at radius 3 is 2.50 bits per heavy atom. The van der Waals surface area contributed by atoms with Crippen molar-refractivity contribution in [2.24, 2.45) is 5.92 Å². The number of aliphatic hydroxyl groups is 1. The van der Waals surface area contributed by atoms with Gasteiger partial charge in [-0.05, 0) is 36.2 Å². The fourth-order valence-electron chi connectivity index (χ4n) is 4.73. The van der Waals surface area contributed by atoms with Crippen LogP contribution in [0.5, 0.6) is 0 Å². The standard InChI is InChI=1S/C26H36N4O2/c1-26(2,3)20-12-10-19(11-13-20)25-27-22(30-23(28-25)17-24(32)29-30)16-15-21(31)14-9-18-7-5-4-6-8-18/h10-13,17-18,21,31H,4-9,14-16H2,1-3H3,(H,29,32). The summed E-state index contributed by atoms with van der Waals surface area (Å²) in [5.74, 6) is 2.10. The first-order chi connectivity index (χ1) is 15.3. The average Bonchev–Trinajstić information content (AvgIpc) is 3.16. The first kappa shape index (κ1) is 22.7.